The van der Waals surface area contributed by atoms with Crippen molar-refractivity contribution in [3.63, 3.8) is 0 Å². The van der Waals surface area contributed by atoms with Crippen molar-refractivity contribution >= 4 is 0 Å². The minimum Gasteiger partial charge on any atom is -0.386 e. The fourth-order valence-corrected chi connectivity index (χ4v) is 3.36. The van der Waals surface area contributed by atoms with Gasteiger partial charge in [-0.25, -0.2) is 0 Å². The highest BCUT2D eigenvalue weighted by Gasteiger charge is 2.15. The van der Waals surface area contributed by atoms with Crippen molar-refractivity contribution in [3.05, 3.63) is 11.8 Å². The minimum atomic E-state index is 0.776. The lowest BCUT2D eigenvalue weighted by atomic mass is 9.88. The van der Waals surface area contributed by atoms with Crippen LogP contribution < -0.4 is 5.32 Å². The summed E-state index contributed by atoms with van der Waals surface area (Å²) < 4.78 is 0. The predicted octanol–water partition coefficient (Wildman–Crippen LogP) is 4.78. The van der Waals surface area contributed by atoms with E-state index in [4.69, 9.17) is 0 Å². The van der Waals surface area contributed by atoms with Gasteiger partial charge < -0.3 is 5.32 Å². The van der Waals surface area contributed by atoms with Gasteiger partial charge in [-0.05, 0) is 38.0 Å². The van der Waals surface area contributed by atoms with E-state index in [-0.39, 0.29) is 0 Å². The number of nitrogens with one attached hydrogen (secondary N) is 1. The fraction of sp³-hybridized carbons (Fsp3) is 0.875. The molecule has 0 amide bonds. The van der Waals surface area contributed by atoms with Crippen LogP contribution in [0.15, 0.2) is 11.8 Å². The second-order valence-corrected chi connectivity index (χ2v) is 5.92. The van der Waals surface area contributed by atoms with E-state index in [0.29, 0.717) is 0 Å². The molecule has 0 aromatic carbocycles. The zero-order valence-electron chi connectivity index (χ0n) is 11.5. The molecule has 0 aromatic rings. The predicted molar refractivity (Wildman–Crippen MR) is 75.0 cm³/mol. The highest BCUT2D eigenvalue weighted by Crippen LogP contribution is 2.26. The van der Waals surface area contributed by atoms with Crippen LogP contribution in [0.3, 0.4) is 0 Å². The third-order valence-corrected chi connectivity index (χ3v) is 4.46. The van der Waals surface area contributed by atoms with Crippen LogP contribution in [0.1, 0.15) is 77.6 Å². The molecule has 0 unspecified atom stereocenters. The average Bonchev–Trinajstić information content (AvgIpc) is 2.40. The molecule has 2 aliphatic rings. The Balaban J connectivity index is 1.83. The van der Waals surface area contributed by atoms with Crippen molar-refractivity contribution in [2.45, 2.75) is 83.6 Å². The lowest BCUT2D eigenvalue weighted by Crippen LogP contribution is -2.30. The monoisotopic (exact) mass is 235 g/mol. The molecule has 2 saturated carbocycles. The smallest absolute Gasteiger partial charge is 0.0258 e. The lowest BCUT2D eigenvalue weighted by molar-refractivity contribution is 0.385. The Kier molecular flexibility index (Phi) is 5.41. The number of allylic oxidation sites excluding steroid dienone is 2. The van der Waals surface area contributed by atoms with Gasteiger partial charge in [0.1, 0.15) is 0 Å². The summed E-state index contributed by atoms with van der Waals surface area (Å²) in [6, 6.07) is 0.776. The highest BCUT2D eigenvalue weighted by atomic mass is 14.9. The van der Waals surface area contributed by atoms with E-state index in [1.165, 1.54) is 76.3 Å². The molecule has 2 aliphatic carbocycles. The first-order valence-corrected chi connectivity index (χ1v) is 7.85. The molecule has 0 radical (unpaired) electrons. The SMILES string of the molecule is CC/C(=C\C1CCCCC1)NC1CCCCC1. The summed E-state index contributed by atoms with van der Waals surface area (Å²) in [5.41, 5.74) is 1.53. The minimum absolute atomic E-state index is 0.776. The first-order valence-electron chi connectivity index (χ1n) is 7.85. The van der Waals surface area contributed by atoms with Crippen LogP contribution in [0.4, 0.5) is 0 Å². The zero-order valence-corrected chi connectivity index (χ0v) is 11.5. The Bertz CT molecular complexity index is 232. The summed E-state index contributed by atoms with van der Waals surface area (Å²) in [5, 5.41) is 3.81. The maximum atomic E-state index is 3.81. The number of hydrogen-bond donors (Lipinski definition) is 1. The van der Waals surface area contributed by atoms with E-state index >= 15 is 0 Å². The normalized spacial score (nSPS) is 24.9. The van der Waals surface area contributed by atoms with E-state index in [0.717, 1.165) is 12.0 Å². The molecule has 0 spiro atoms. The molecule has 0 heterocycles. The molecule has 2 rings (SSSR count). The quantitative estimate of drug-likeness (QED) is 0.739. The Morgan fingerprint density at radius 1 is 0.941 bits per heavy atom. The molecule has 98 valence electrons. The Morgan fingerprint density at radius 2 is 1.53 bits per heavy atom. The molecule has 1 nitrogen and oxygen atoms in total. The molecule has 1 heteroatoms. The third-order valence-electron chi connectivity index (χ3n) is 4.46. The molecular formula is C16H29N. The van der Waals surface area contributed by atoms with Crippen molar-refractivity contribution in [1.29, 1.82) is 0 Å². The average molecular weight is 235 g/mol. The van der Waals surface area contributed by atoms with Gasteiger partial charge in [0, 0.05) is 11.7 Å². The molecule has 0 aromatic heterocycles. The van der Waals surface area contributed by atoms with Crippen molar-refractivity contribution in [3.8, 4) is 0 Å². The van der Waals surface area contributed by atoms with E-state index in [1.807, 2.05) is 0 Å². The second-order valence-electron chi connectivity index (χ2n) is 5.92. The fourth-order valence-electron chi connectivity index (χ4n) is 3.36. The number of hydrogen-bond acceptors (Lipinski definition) is 1. The molecule has 2 fully saturated rings. The summed E-state index contributed by atoms with van der Waals surface area (Å²) in [7, 11) is 0. The van der Waals surface area contributed by atoms with Crippen LogP contribution in [0.5, 0.6) is 0 Å². The van der Waals surface area contributed by atoms with E-state index in [9.17, 15) is 0 Å². The van der Waals surface area contributed by atoms with Crippen LogP contribution >= 0.6 is 0 Å². The van der Waals surface area contributed by atoms with Gasteiger partial charge in [0.2, 0.25) is 0 Å². The largest absolute Gasteiger partial charge is 0.386 e. The van der Waals surface area contributed by atoms with Crippen molar-refractivity contribution in [2.24, 2.45) is 5.92 Å². The Labute approximate surface area is 107 Å². The first kappa shape index (κ1) is 13.0. The third kappa shape index (κ3) is 4.37. The van der Waals surface area contributed by atoms with Crippen LogP contribution in [0, 0.1) is 5.92 Å². The van der Waals surface area contributed by atoms with Crippen LogP contribution in [-0.4, -0.2) is 6.04 Å². The molecule has 0 aliphatic heterocycles. The van der Waals surface area contributed by atoms with E-state index in [2.05, 4.69) is 18.3 Å². The van der Waals surface area contributed by atoms with Gasteiger partial charge >= 0.3 is 0 Å². The molecule has 0 bridgehead atoms. The summed E-state index contributed by atoms with van der Waals surface area (Å²) in [6.07, 6.45) is 18.0. The second kappa shape index (κ2) is 7.08. The van der Waals surface area contributed by atoms with Gasteiger partial charge in [-0.3, -0.25) is 0 Å². The number of rotatable bonds is 4. The summed E-state index contributed by atoms with van der Waals surface area (Å²) in [4.78, 5) is 0. The van der Waals surface area contributed by atoms with Crippen LogP contribution in [0.2, 0.25) is 0 Å². The van der Waals surface area contributed by atoms with Crippen molar-refractivity contribution in [2.75, 3.05) is 0 Å². The van der Waals surface area contributed by atoms with Crippen molar-refractivity contribution in [1.82, 2.24) is 5.32 Å². The Morgan fingerprint density at radius 3 is 2.12 bits per heavy atom. The molecule has 0 atom stereocenters. The maximum Gasteiger partial charge on any atom is 0.0258 e. The van der Waals surface area contributed by atoms with Gasteiger partial charge in [-0.2, -0.15) is 0 Å². The van der Waals surface area contributed by atoms with Gasteiger partial charge in [-0.1, -0.05) is 51.5 Å². The molecule has 17 heavy (non-hydrogen) atoms. The van der Waals surface area contributed by atoms with Gasteiger partial charge in [0.25, 0.3) is 0 Å². The summed E-state index contributed by atoms with van der Waals surface area (Å²) in [6.45, 7) is 2.30. The maximum absolute atomic E-state index is 3.81. The van der Waals surface area contributed by atoms with Crippen molar-refractivity contribution < 1.29 is 0 Å². The molecule has 1 N–H and O–H groups in total. The summed E-state index contributed by atoms with van der Waals surface area (Å²) >= 11 is 0. The molecular weight excluding hydrogens is 206 g/mol. The highest BCUT2D eigenvalue weighted by molar-refractivity contribution is 5.04. The lowest BCUT2D eigenvalue weighted by Gasteiger charge is -2.26. The van der Waals surface area contributed by atoms with E-state index < -0.39 is 0 Å². The Hall–Kier alpha value is -0.460. The topological polar surface area (TPSA) is 12.0 Å². The first-order chi connectivity index (χ1) is 8.38. The van der Waals surface area contributed by atoms with Gasteiger partial charge in [-0.15, -0.1) is 0 Å². The van der Waals surface area contributed by atoms with Crippen LogP contribution in [0.25, 0.3) is 0 Å². The standard InChI is InChI=1S/C16H29N/c1-2-15(13-14-9-5-3-6-10-14)17-16-11-7-4-8-12-16/h13-14,16-17H,2-12H2,1H3/b15-13+. The summed E-state index contributed by atoms with van der Waals surface area (Å²) in [5.74, 6) is 0.870. The van der Waals surface area contributed by atoms with Gasteiger partial charge in [0.05, 0.1) is 0 Å². The molecule has 0 saturated heterocycles. The van der Waals surface area contributed by atoms with Gasteiger partial charge in [0.15, 0.2) is 0 Å². The zero-order chi connectivity index (χ0) is 11.9. The van der Waals surface area contributed by atoms with E-state index in [1.54, 1.807) is 0 Å². The van der Waals surface area contributed by atoms with Crippen LogP contribution in [-0.2, 0) is 0 Å².